The molecule has 1 heterocycles. The van der Waals surface area contributed by atoms with Crippen molar-refractivity contribution in [3.05, 3.63) is 33.8 Å². The van der Waals surface area contributed by atoms with Crippen LogP contribution < -0.4 is 5.32 Å². The van der Waals surface area contributed by atoms with Crippen LogP contribution in [0.15, 0.2) is 18.2 Å². The topological polar surface area (TPSA) is 35.6 Å². The van der Waals surface area contributed by atoms with Crippen LogP contribution in [0.3, 0.4) is 0 Å². The van der Waals surface area contributed by atoms with Crippen LogP contribution in [0.2, 0.25) is 10.0 Å². The lowest BCUT2D eigenvalue weighted by atomic mass is 9.96. The average Bonchev–Trinajstić information content (AvgIpc) is 2.62. The minimum absolute atomic E-state index is 0.118. The van der Waals surface area contributed by atoms with Crippen LogP contribution in [-0.4, -0.2) is 54.6 Å². The monoisotopic (exact) mass is 383 g/mol. The Bertz CT molecular complexity index is 582. The summed E-state index contributed by atoms with van der Waals surface area (Å²) in [6.45, 7) is 4.39. The van der Waals surface area contributed by atoms with Crippen molar-refractivity contribution in [2.45, 2.75) is 44.6 Å². The van der Waals surface area contributed by atoms with Crippen molar-refractivity contribution in [3.8, 4) is 0 Å². The molecule has 3 rings (SSSR count). The third kappa shape index (κ3) is 5.50. The van der Waals surface area contributed by atoms with Crippen molar-refractivity contribution in [1.29, 1.82) is 0 Å². The second-order valence-corrected chi connectivity index (χ2v) is 7.94. The van der Waals surface area contributed by atoms with Crippen molar-refractivity contribution >= 4 is 29.2 Å². The molecule has 0 atom stereocenters. The molecule has 1 aromatic rings. The van der Waals surface area contributed by atoms with Crippen LogP contribution in [0, 0.1) is 0 Å². The number of nitrogens with one attached hydrogen (secondary N) is 1. The van der Waals surface area contributed by atoms with Gasteiger partial charge in [-0.15, -0.1) is 0 Å². The molecule has 2 aliphatic rings. The number of hydrogen-bond donors (Lipinski definition) is 1. The fourth-order valence-electron chi connectivity index (χ4n) is 3.69. The zero-order chi connectivity index (χ0) is 17.6. The minimum atomic E-state index is 0.118. The van der Waals surface area contributed by atoms with Crippen LogP contribution in [0.5, 0.6) is 0 Å². The smallest absolute Gasteiger partial charge is 0.317 e. The Balaban J connectivity index is 1.40. The molecule has 0 aromatic heterocycles. The molecule has 2 amide bonds. The van der Waals surface area contributed by atoms with Crippen LogP contribution in [0.4, 0.5) is 4.79 Å². The van der Waals surface area contributed by atoms with Gasteiger partial charge in [0.15, 0.2) is 0 Å². The van der Waals surface area contributed by atoms with Gasteiger partial charge in [-0.25, -0.2) is 4.79 Å². The molecule has 25 heavy (non-hydrogen) atoms. The zero-order valence-electron chi connectivity index (χ0n) is 14.6. The molecule has 1 aliphatic carbocycles. The third-order valence-corrected chi connectivity index (χ3v) is 5.89. The van der Waals surface area contributed by atoms with Gasteiger partial charge in [0.25, 0.3) is 0 Å². The highest BCUT2D eigenvalue weighted by Crippen LogP contribution is 2.22. The quantitative estimate of drug-likeness (QED) is 0.845. The fourth-order valence-corrected chi connectivity index (χ4v) is 4.19. The molecule has 1 aliphatic heterocycles. The predicted octanol–water partition coefficient (Wildman–Crippen LogP) is 4.20. The number of halogens is 2. The highest BCUT2D eigenvalue weighted by Gasteiger charge is 2.23. The van der Waals surface area contributed by atoms with E-state index in [9.17, 15) is 4.79 Å². The maximum atomic E-state index is 12.4. The number of amides is 2. The van der Waals surface area contributed by atoms with E-state index in [-0.39, 0.29) is 6.03 Å². The van der Waals surface area contributed by atoms with E-state index in [2.05, 4.69) is 10.2 Å². The van der Waals surface area contributed by atoms with Crippen LogP contribution in [0.25, 0.3) is 0 Å². The molecule has 1 saturated heterocycles. The molecule has 2 fully saturated rings. The molecule has 0 unspecified atom stereocenters. The Kier molecular flexibility index (Phi) is 6.85. The second kappa shape index (κ2) is 9.11. The van der Waals surface area contributed by atoms with Gasteiger partial charge in [0.2, 0.25) is 0 Å². The van der Waals surface area contributed by atoms with Crippen molar-refractivity contribution in [1.82, 2.24) is 15.1 Å². The molecule has 6 heteroatoms. The summed E-state index contributed by atoms with van der Waals surface area (Å²) in [5.74, 6) is 0. The normalized spacial score (nSPS) is 19.8. The zero-order valence-corrected chi connectivity index (χ0v) is 16.2. The largest absolute Gasteiger partial charge is 0.335 e. The van der Waals surface area contributed by atoms with E-state index in [1.54, 1.807) is 6.07 Å². The van der Waals surface area contributed by atoms with Crippen molar-refractivity contribution in [2.75, 3.05) is 32.7 Å². The summed E-state index contributed by atoms with van der Waals surface area (Å²) >= 11 is 12.2. The molecular weight excluding hydrogens is 357 g/mol. The predicted molar refractivity (Wildman–Crippen MR) is 104 cm³/mol. The SMILES string of the molecule is O=C(NC1CCCCC1)N1CCN(CCc2ccc(Cl)cc2Cl)CC1. The van der Waals surface area contributed by atoms with Crippen molar-refractivity contribution in [3.63, 3.8) is 0 Å². The summed E-state index contributed by atoms with van der Waals surface area (Å²) in [4.78, 5) is 16.8. The first-order valence-electron chi connectivity index (χ1n) is 9.33. The van der Waals surface area contributed by atoms with Crippen LogP contribution >= 0.6 is 23.2 Å². The summed E-state index contributed by atoms with van der Waals surface area (Å²) in [6.07, 6.45) is 6.96. The van der Waals surface area contributed by atoms with E-state index in [0.717, 1.165) is 62.6 Å². The van der Waals surface area contributed by atoms with Gasteiger partial charge in [-0.3, -0.25) is 4.90 Å². The van der Waals surface area contributed by atoms with Gasteiger partial charge in [-0.05, 0) is 37.0 Å². The van der Waals surface area contributed by atoms with Gasteiger partial charge in [0.1, 0.15) is 0 Å². The van der Waals surface area contributed by atoms with Gasteiger partial charge >= 0.3 is 6.03 Å². The van der Waals surface area contributed by atoms with E-state index in [1.807, 2.05) is 17.0 Å². The van der Waals surface area contributed by atoms with Gasteiger partial charge in [0, 0.05) is 48.8 Å². The fraction of sp³-hybridized carbons (Fsp3) is 0.632. The summed E-state index contributed by atoms with van der Waals surface area (Å²) in [5.41, 5.74) is 1.13. The Morgan fingerprint density at radius 3 is 2.48 bits per heavy atom. The lowest BCUT2D eigenvalue weighted by Gasteiger charge is -2.36. The van der Waals surface area contributed by atoms with Gasteiger partial charge < -0.3 is 10.2 Å². The number of carbonyl (C=O) groups is 1. The van der Waals surface area contributed by atoms with E-state index in [4.69, 9.17) is 23.2 Å². The number of rotatable bonds is 4. The molecule has 0 bridgehead atoms. The maximum absolute atomic E-state index is 12.4. The number of hydrogen-bond acceptors (Lipinski definition) is 2. The Hall–Kier alpha value is -0.970. The molecule has 1 N–H and O–H groups in total. The molecule has 0 spiro atoms. The summed E-state index contributed by atoms with van der Waals surface area (Å²) in [6, 6.07) is 6.18. The van der Waals surface area contributed by atoms with Gasteiger partial charge in [-0.1, -0.05) is 48.5 Å². The van der Waals surface area contributed by atoms with Crippen LogP contribution in [0.1, 0.15) is 37.7 Å². The molecule has 0 radical (unpaired) electrons. The van der Waals surface area contributed by atoms with E-state index in [1.165, 1.54) is 19.3 Å². The highest BCUT2D eigenvalue weighted by atomic mass is 35.5. The first-order valence-corrected chi connectivity index (χ1v) is 10.1. The second-order valence-electron chi connectivity index (χ2n) is 7.10. The lowest BCUT2D eigenvalue weighted by Crippen LogP contribution is -2.53. The van der Waals surface area contributed by atoms with Crippen molar-refractivity contribution in [2.24, 2.45) is 0 Å². The molecule has 1 saturated carbocycles. The summed E-state index contributed by atoms with van der Waals surface area (Å²) in [7, 11) is 0. The number of urea groups is 1. The third-order valence-electron chi connectivity index (χ3n) is 5.30. The number of piperazine rings is 1. The highest BCUT2D eigenvalue weighted by molar-refractivity contribution is 6.35. The molecule has 1 aromatic carbocycles. The number of carbonyl (C=O) groups excluding carboxylic acids is 1. The average molecular weight is 384 g/mol. The van der Waals surface area contributed by atoms with E-state index < -0.39 is 0 Å². The minimum Gasteiger partial charge on any atom is -0.335 e. The standard InChI is InChI=1S/C19H27Cl2N3O/c20-16-7-6-15(18(21)14-16)8-9-23-10-12-24(13-11-23)19(25)22-17-4-2-1-3-5-17/h6-7,14,17H,1-5,8-13H2,(H,22,25). The van der Waals surface area contributed by atoms with Gasteiger partial charge in [-0.2, -0.15) is 0 Å². The number of benzene rings is 1. The Labute approximate surface area is 160 Å². The van der Waals surface area contributed by atoms with Crippen molar-refractivity contribution < 1.29 is 4.79 Å². The Morgan fingerprint density at radius 2 is 1.80 bits per heavy atom. The summed E-state index contributed by atoms with van der Waals surface area (Å²) in [5, 5.41) is 4.62. The molecule has 138 valence electrons. The van der Waals surface area contributed by atoms with E-state index >= 15 is 0 Å². The maximum Gasteiger partial charge on any atom is 0.317 e. The van der Waals surface area contributed by atoms with Crippen LogP contribution in [-0.2, 0) is 6.42 Å². The summed E-state index contributed by atoms with van der Waals surface area (Å²) < 4.78 is 0. The molecule has 4 nitrogen and oxygen atoms in total. The first-order chi connectivity index (χ1) is 12.1. The van der Waals surface area contributed by atoms with Gasteiger partial charge in [0.05, 0.1) is 0 Å². The van der Waals surface area contributed by atoms with E-state index in [0.29, 0.717) is 11.1 Å². The Morgan fingerprint density at radius 1 is 1.08 bits per heavy atom. The lowest BCUT2D eigenvalue weighted by molar-refractivity contribution is 0.136. The first kappa shape index (κ1) is 18.8. The number of nitrogens with zero attached hydrogens (tertiary/aromatic N) is 2. The molecular formula is C19H27Cl2N3O.